The minimum atomic E-state index is -0.171. The lowest BCUT2D eigenvalue weighted by molar-refractivity contribution is 0.463. The Morgan fingerprint density at radius 3 is 1.92 bits per heavy atom. The Morgan fingerprint density at radius 1 is 1.08 bits per heavy atom. The van der Waals surface area contributed by atoms with Gasteiger partial charge in [0.15, 0.2) is 0 Å². The number of furan rings is 1. The third-order valence-corrected chi connectivity index (χ3v) is 2.53. The minimum Gasteiger partial charge on any atom is -0.472 e. The van der Waals surface area contributed by atoms with Crippen LogP contribution in [0.5, 0.6) is 0 Å². The zero-order chi connectivity index (χ0) is 9.26. The molecule has 0 N–H and O–H groups in total. The Kier molecular flexibility index (Phi) is 1.79. The van der Waals surface area contributed by atoms with Crippen LogP contribution in [0, 0.1) is 34.5 Å². The number of hydrogen-bond acceptors (Lipinski definition) is 3. The van der Waals surface area contributed by atoms with Gasteiger partial charge >= 0.3 is 0 Å². The van der Waals surface area contributed by atoms with Gasteiger partial charge in [-0.1, -0.05) is 0 Å². The van der Waals surface area contributed by atoms with Gasteiger partial charge in [-0.2, -0.15) is 10.5 Å². The van der Waals surface area contributed by atoms with Crippen LogP contribution in [0.25, 0.3) is 0 Å². The van der Waals surface area contributed by atoms with Crippen LogP contribution in [0.1, 0.15) is 11.1 Å². The summed E-state index contributed by atoms with van der Waals surface area (Å²) in [5.41, 5.74) is 2.16. The fourth-order valence-electron chi connectivity index (χ4n) is 1.74. The maximum Gasteiger partial charge on any atom is 0.0937 e. The first-order valence-electron chi connectivity index (χ1n) is 4.18. The van der Waals surface area contributed by atoms with Gasteiger partial charge in [-0.15, -0.1) is 0 Å². The van der Waals surface area contributed by atoms with E-state index in [4.69, 9.17) is 14.9 Å². The van der Waals surface area contributed by atoms with E-state index >= 15 is 0 Å². The maximum absolute atomic E-state index is 8.82. The first-order valence-corrected chi connectivity index (χ1v) is 4.18. The molecule has 3 heteroatoms. The first kappa shape index (κ1) is 7.89. The van der Waals surface area contributed by atoms with E-state index in [0.717, 1.165) is 11.1 Å². The summed E-state index contributed by atoms with van der Waals surface area (Å²) in [5.74, 6) is -0.342. The van der Waals surface area contributed by atoms with Gasteiger partial charge in [0, 0.05) is 0 Å². The molecule has 0 saturated carbocycles. The Bertz CT molecular complexity index is 357. The lowest BCUT2D eigenvalue weighted by Crippen LogP contribution is -2.21. The molecule has 3 nitrogen and oxygen atoms in total. The predicted molar refractivity (Wildman–Crippen MR) is 44.3 cm³/mol. The van der Waals surface area contributed by atoms with Gasteiger partial charge in [0.05, 0.1) is 36.5 Å². The van der Waals surface area contributed by atoms with E-state index in [-0.39, 0.29) is 11.8 Å². The van der Waals surface area contributed by atoms with Crippen LogP contribution in [-0.4, -0.2) is 0 Å². The van der Waals surface area contributed by atoms with Crippen LogP contribution in [0.15, 0.2) is 16.9 Å². The molecule has 2 rings (SSSR count). The van der Waals surface area contributed by atoms with Crippen molar-refractivity contribution in [3.8, 4) is 12.1 Å². The van der Waals surface area contributed by atoms with Gasteiger partial charge in [0.1, 0.15) is 0 Å². The van der Waals surface area contributed by atoms with Gasteiger partial charge < -0.3 is 4.42 Å². The normalized spacial score (nSPS) is 25.7. The third kappa shape index (κ3) is 1.19. The van der Waals surface area contributed by atoms with Gasteiger partial charge in [-0.25, -0.2) is 0 Å². The van der Waals surface area contributed by atoms with Gasteiger partial charge in [-0.05, 0) is 24.0 Å². The average molecular weight is 172 g/mol. The van der Waals surface area contributed by atoms with Crippen LogP contribution in [0.4, 0.5) is 0 Å². The molecule has 13 heavy (non-hydrogen) atoms. The SMILES string of the molecule is N#C[C@@H]1Cc2cocc2C[C@H]1C#N. The van der Waals surface area contributed by atoms with Crippen molar-refractivity contribution in [2.24, 2.45) is 11.8 Å². The molecule has 1 aromatic heterocycles. The van der Waals surface area contributed by atoms with Crippen LogP contribution in [0.3, 0.4) is 0 Å². The zero-order valence-corrected chi connectivity index (χ0v) is 7.03. The van der Waals surface area contributed by atoms with Crippen molar-refractivity contribution in [3.63, 3.8) is 0 Å². The third-order valence-electron chi connectivity index (χ3n) is 2.53. The Hall–Kier alpha value is -1.74. The summed E-state index contributed by atoms with van der Waals surface area (Å²) in [6, 6.07) is 4.34. The quantitative estimate of drug-likeness (QED) is 0.597. The lowest BCUT2D eigenvalue weighted by Gasteiger charge is -2.20. The van der Waals surface area contributed by atoms with Crippen molar-refractivity contribution >= 4 is 0 Å². The Labute approximate surface area is 76.2 Å². The van der Waals surface area contributed by atoms with Crippen molar-refractivity contribution in [1.82, 2.24) is 0 Å². The molecule has 0 radical (unpaired) electrons. The lowest BCUT2D eigenvalue weighted by atomic mass is 9.79. The molecule has 1 aliphatic rings. The largest absolute Gasteiger partial charge is 0.472 e. The monoisotopic (exact) mass is 172 g/mol. The number of fused-ring (bicyclic) bond motifs is 1. The van der Waals surface area contributed by atoms with Gasteiger partial charge in [0.2, 0.25) is 0 Å². The topological polar surface area (TPSA) is 60.7 Å². The fraction of sp³-hybridized carbons (Fsp3) is 0.400. The molecular weight excluding hydrogens is 164 g/mol. The van der Waals surface area contributed by atoms with Gasteiger partial charge in [0.25, 0.3) is 0 Å². The molecule has 1 aliphatic carbocycles. The molecule has 64 valence electrons. The molecule has 0 unspecified atom stereocenters. The first-order chi connectivity index (χ1) is 6.35. The number of hydrogen-bond donors (Lipinski definition) is 0. The van der Waals surface area contributed by atoms with E-state index in [1.165, 1.54) is 0 Å². The van der Waals surface area contributed by atoms with E-state index in [9.17, 15) is 0 Å². The highest BCUT2D eigenvalue weighted by Crippen LogP contribution is 2.30. The molecular formula is C10H8N2O. The minimum absolute atomic E-state index is 0.171. The summed E-state index contributed by atoms with van der Waals surface area (Å²) in [7, 11) is 0. The summed E-state index contributed by atoms with van der Waals surface area (Å²) >= 11 is 0. The van der Waals surface area contributed by atoms with Crippen LogP contribution >= 0.6 is 0 Å². The second kappa shape index (κ2) is 2.95. The van der Waals surface area contributed by atoms with Crippen molar-refractivity contribution < 1.29 is 4.42 Å². The molecule has 0 bridgehead atoms. The molecule has 0 fully saturated rings. The van der Waals surface area contributed by atoms with E-state index in [0.29, 0.717) is 12.8 Å². The van der Waals surface area contributed by atoms with Crippen molar-refractivity contribution in [3.05, 3.63) is 23.7 Å². The smallest absolute Gasteiger partial charge is 0.0937 e. The predicted octanol–water partition coefficient (Wildman–Crippen LogP) is 1.66. The molecule has 1 heterocycles. The standard InChI is InChI=1S/C10H8N2O/c11-3-7-1-9-5-13-6-10(9)2-8(7)4-12/h5-8H,1-2H2/t7-,8-/m0/s1. The molecule has 0 amide bonds. The summed E-state index contributed by atoms with van der Waals surface area (Å²) in [6.45, 7) is 0. The number of nitriles is 2. The van der Waals surface area contributed by atoms with Crippen molar-refractivity contribution in [2.75, 3.05) is 0 Å². The van der Waals surface area contributed by atoms with Crippen molar-refractivity contribution in [2.45, 2.75) is 12.8 Å². The maximum atomic E-state index is 8.82. The van der Waals surface area contributed by atoms with Gasteiger partial charge in [-0.3, -0.25) is 0 Å². The van der Waals surface area contributed by atoms with E-state index < -0.39 is 0 Å². The summed E-state index contributed by atoms with van der Waals surface area (Å²) in [5, 5.41) is 17.6. The highest BCUT2D eigenvalue weighted by Gasteiger charge is 2.29. The molecule has 0 saturated heterocycles. The highest BCUT2D eigenvalue weighted by atomic mass is 16.3. The van der Waals surface area contributed by atoms with E-state index in [1.54, 1.807) is 12.5 Å². The number of rotatable bonds is 0. The van der Waals surface area contributed by atoms with Crippen LogP contribution in [-0.2, 0) is 12.8 Å². The van der Waals surface area contributed by atoms with Crippen molar-refractivity contribution in [1.29, 1.82) is 10.5 Å². The molecule has 2 atom stereocenters. The van der Waals surface area contributed by atoms with E-state index in [2.05, 4.69) is 12.1 Å². The molecule has 1 aromatic rings. The molecule has 0 spiro atoms. The summed E-state index contributed by atoms with van der Waals surface area (Å²) < 4.78 is 5.03. The van der Waals surface area contributed by atoms with Crippen LogP contribution < -0.4 is 0 Å². The average Bonchev–Trinajstić information content (AvgIpc) is 2.62. The van der Waals surface area contributed by atoms with Crippen LogP contribution in [0.2, 0.25) is 0 Å². The number of nitrogens with zero attached hydrogens (tertiary/aromatic N) is 2. The zero-order valence-electron chi connectivity index (χ0n) is 7.03. The Morgan fingerprint density at radius 2 is 1.54 bits per heavy atom. The van der Waals surface area contributed by atoms with E-state index in [1.807, 2.05) is 0 Å². The molecule has 0 aliphatic heterocycles. The summed E-state index contributed by atoms with van der Waals surface area (Å²) in [4.78, 5) is 0. The fourth-order valence-corrected chi connectivity index (χ4v) is 1.74. The molecule has 0 aromatic carbocycles. The second-order valence-corrected chi connectivity index (χ2v) is 3.30. The Balaban J connectivity index is 2.33. The highest BCUT2D eigenvalue weighted by molar-refractivity contribution is 5.28. The second-order valence-electron chi connectivity index (χ2n) is 3.30. The summed E-state index contributed by atoms with van der Waals surface area (Å²) in [6.07, 6.45) is 4.65.